The molecule has 0 amide bonds. The molecule has 4 heteroatoms. The van der Waals surface area contributed by atoms with Crippen LogP contribution in [0.3, 0.4) is 0 Å². The van der Waals surface area contributed by atoms with Gasteiger partial charge in [0.05, 0.1) is 23.9 Å². The number of hydrogen-bond acceptors (Lipinski definition) is 3. The van der Waals surface area contributed by atoms with E-state index in [0.717, 1.165) is 22.2 Å². The highest BCUT2D eigenvalue weighted by molar-refractivity contribution is 6.91. The molecule has 2 aromatic rings. The molecule has 108 valence electrons. The van der Waals surface area contributed by atoms with E-state index < -0.39 is 8.07 Å². The number of rotatable bonds is 3. The molecule has 0 radical (unpaired) electrons. The van der Waals surface area contributed by atoms with Gasteiger partial charge in [0.15, 0.2) is 0 Å². The van der Waals surface area contributed by atoms with Gasteiger partial charge in [-0.05, 0) is 17.2 Å². The van der Waals surface area contributed by atoms with Crippen LogP contribution in [0.2, 0.25) is 18.1 Å². The highest BCUT2D eigenvalue weighted by Crippen LogP contribution is 2.37. The van der Waals surface area contributed by atoms with E-state index in [0.29, 0.717) is 0 Å². The summed E-state index contributed by atoms with van der Waals surface area (Å²) in [5.74, 6) is 0. The highest BCUT2D eigenvalue weighted by atomic mass is 28.3. The largest absolute Gasteiger partial charge is 0.473 e. The number of furan rings is 1. The Morgan fingerprint density at radius 1 is 1.25 bits per heavy atom. The molecule has 0 aliphatic rings. The highest BCUT2D eigenvalue weighted by Gasteiger charge is 2.42. The molecule has 0 saturated heterocycles. The van der Waals surface area contributed by atoms with Crippen molar-refractivity contribution in [2.24, 2.45) is 0 Å². The molecule has 0 saturated carbocycles. The molecule has 2 rings (SSSR count). The normalized spacial score (nSPS) is 12.7. The fraction of sp³-hybridized carbons (Fsp3) is 0.438. The molecule has 1 N–H and O–H groups in total. The number of aliphatic hydroxyl groups excluding tert-OH is 1. The van der Waals surface area contributed by atoms with Gasteiger partial charge in [-0.15, -0.1) is 0 Å². The van der Waals surface area contributed by atoms with Crippen molar-refractivity contribution >= 4 is 13.5 Å². The van der Waals surface area contributed by atoms with Crippen molar-refractivity contribution in [2.75, 3.05) is 0 Å². The molecule has 0 bridgehead atoms. The molecule has 0 fully saturated rings. The average Bonchev–Trinajstić information content (AvgIpc) is 2.82. The fourth-order valence-electron chi connectivity index (χ4n) is 2.14. The maximum atomic E-state index is 9.81. The maximum Gasteiger partial charge on any atom is 0.132 e. The third-order valence-electron chi connectivity index (χ3n) is 4.44. The predicted molar refractivity (Wildman–Crippen MR) is 84.7 cm³/mol. The summed E-state index contributed by atoms with van der Waals surface area (Å²) in [6.07, 6.45) is 3.50. The molecule has 0 spiro atoms. The van der Waals surface area contributed by atoms with E-state index in [1.165, 1.54) is 0 Å². The molecule has 20 heavy (non-hydrogen) atoms. The lowest BCUT2D eigenvalue weighted by Crippen LogP contribution is -2.50. The van der Waals surface area contributed by atoms with Gasteiger partial charge in [0.2, 0.25) is 0 Å². The molecule has 2 heterocycles. The molecular weight excluding hydrogens is 266 g/mol. The summed E-state index contributed by atoms with van der Waals surface area (Å²) in [6, 6.07) is 5.78. The minimum absolute atomic E-state index is 0.00967. The average molecular weight is 289 g/mol. The zero-order valence-corrected chi connectivity index (χ0v) is 13.9. The smallest absolute Gasteiger partial charge is 0.132 e. The summed E-state index contributed by atoms with van der Waals surface area (Å²) in [6.45, 7) is 11.3. The third kappa shape index (κ3) is 2.45. The SMILES string of the molecule is CC(C)(C)[Si](C)(C)c1occ(-c2ccccn2)c1CO. The Labute approximate surface area is 121 Å². The summed E-state index contributed by atoms with van der Waals surface area (Å²) in [4.78, 5) is 4.36. The molecule has 0 aliphatic carbocycles. The Balaban J connectivity index is 2.57. The zero-order valence-electron chi connectivity index (χ0n) is 12.9. The van der Waals surface area contributed by atoms with Gasteiger partial charge in [0.25, 0.3) is 0 Å². The summed E-state index contributed by atoms with van der Waals surface area (Å²) >= 11 is 0. The van der Waals surface area contributed by atoms with Crippen molar-refractivity contribution in [1.29, 1.82) is 0 Å². The summed E-state index contributed by atoms with van der Waals surface area (Å²) in [5, 5.41) is 11.0. The lowest BCUT2D eigenvalue weighted by atomic mass is 10.1. The first-order valence-electron chi connectivity index (χ1n) is 6.92. The second kappa shape index (κ2) is 5.18. The van der Waals surface area contributed by atoms with E-state index in [1.54, 1.807) is 12.5 Å². The first-order chi connectivity index (χ1) is 9.29. The van der Waals surface area contributed by atoms with Crippen LogP contribution in [0.15, 0.2) is 35.1 Å². The van der Waals surface area contributed by atoms with Crippen molar-refractivity contribution < 1.29 is 9.52 Å². The third-order valence-corrected chi connectivity index (χ3v) is 9.74. The van der Waals surface area contributed by atoms with Crippen LogP contribution in [0.1, 0.15) is 26.3 Å². The van der Waals surface area contributed by atoms with E-state index in [-0.39, 0.29) is 11.6 Å². The van der Waals surface area contributed by atoms with Crippen molar-refractivity contribution in [3.63, 3.8) is 0 Å². The number of aliphatic hydroxyl groups is 1. The number of nitrogens with zero attached hydrogens (tertiary/aromatic N) is 1. The quantitative estimate of drug-likeness (QED) is 0.879. The van der Waals surface area contributed by atoms with Gasteiger partial charge in [-0.3, -0.25) is 4.98 Å². The fourth-order valence-corrected chi connectivity index (χ4v) is 4.14. The maximum absolute atomic E-state index is 9.81. The molecule has 0 aliphatic heterocycles. The van der Waals surface area contributed by atoms with Crippen LogP contribution < -0.4 is 5.38 Å². The Morgan fingerprint density at radius 3 is 2.45 bits per heavy atom. The van der Waals surface area contributed by atoms with E-state index in [9.17, 15) is 5.11 Å². The van der Waals surface area contributed by atoms with Gasteiger partial charge < -0.3 is 9.52 Å². The molecule has 0 aromatic carbocycles. The van der Waals surface area contributed by atoms with Crippen molar-refractivity contribution in [3.8, 4) is 11.3 Å². The molecule has 0 unspecified atom stereocenters. The van der Waals surface area contributed by atoms with Crippen LogP contribution >= 0.6 is 0 Å². The van der Waals surface area contributed by atoms with E-state index in [2.05, 4.69) is 38.8 Å². The first kappa shape index (κ1) is 15.0. The molecule has 2 aromatic heterocycles. The van der Waals surface area contributed by atoms with E-state index in [4.69, 9.17) is 4.42 Å². The number of hydrogen-bond donors (Lipinski definition) is 1. The first-order valence-corrected chi connectivity index (χ1v) is 9.92. The van der Waals surface area contributed by atoms with Crippen LogP contribution in [0.5, 0.6) is 0 Å². The summed E-state index contributed by atoms with van der Waals surface area (Å²) < 4.78 is 5.89. The minimum Gasteiger partial charge on any atom is -0.473 e. The summed E-state index contributed by atoms with van der Waals surface area (Å²) in [7, 11) is -1.81. The molecule has 0 atom stereocenters. The lowest BCUT2D eigenvalue weighted by Gasteiger charge is -2.35. The van der Waals surface area contributed by atoms with Gasteiger partial charge in [-0.1, -0.05) is 39.9 Å². The van der Waals surface area contributed by atoms with Crippen LogP contribution in [0.4, 0.5) is 0 Å². The Bertz CT molecular complexity index is 582. The van der Waals surface area contributed by atoms with Crippen molar-refractivity contribution in [2.45, 2.75) is 45.5 Å². The van der Waals surface area contributed by atoms with Crippen molar-refractivity contribution in [1.82, 2.24) is 4.98 Å². The van der Waals surface area contributed by atoms with Gasteiger partial charge in [0.1, 0.15) is 8.07 Å². The van der Waals surface area contributed by atoms with E-state index >= 15 is 0 Å². The zero-order chi connectivity index (χ0) is 15.0. The molecular formula is C16H23NO2Si. The monoisotopic (exact) mass is 289 g/mol. The second-order valence-corrected chi connectivity index (χ2v) is 11.9. The topological polar surface area (TPSA) is 46.3 Å². The standard InChI is InChI=1S/C16H23NO2Si/c1-16(2,3)20(4,5)15-12(10-18)13(11-19-15)14-8-6-7-9-17-14/h6-9,11,18H,10H2,1-5H3. The summed E-state index contributed by atoms with van der Waals surface area (Å²) in [5.41, 5.74) is 2.66. The number of pyridine rings is 1. The lowest BCUT2D eigenvalue weighted by molar-refractivity contribution is 0.282. The molecule has 3 nitrogen and oxygen atoms in total. The second-order valence-electron chi connectivity index (χ2n) is 6.71. The Morgan fingerprint density at radius 2 is 1.95 bits per heavy atom. The van der Waals surface area contributed by atoms with Crippen molar-refractivity contribution in [3.05, 3.63) is 36.2 Å². The van der Waals surface area contributed by atoms with Gasteiger partial charge >= 0.3 is 0 Å². The number of aromatic nitrogens is 1. The predicted octanol–water partition coefficient (Wildman–Crippen LogP) is 3.55. The Hall–Kier alpha value is -1.39. The minimum atomic E-state index is -1.81. The van der Waals surface area contributed by atoms with Crippen LogP contribution in [0, 0.1) is 0 Å². The van der Waals surface area contributed by atoms with Crippen LogP contribution in [-0.2, 0) is 6.61 Å². The van der Waals surface area contributed by atoms with Gasteiger partial charge in [-0.25, -0.2) is 0 Å². The van der Waals surface area contributed by atoms with Gasteiger partial charge in [-0.2, -0.15) is 0 Å². The van der Waals surface area contributed by atoms with E-state index in [1.807, 2.05) is 18.2 Å². The van der Waals surface area contributed by atoms with Crippen LogP contribution in [-0.4, -0.2) is 18.2 Å². The van der Waals surface area contributed by atoms with Gasteiger partial charge in [0, 0.05) is 17.3 Å². The van der Waals surface area contributed by atoms with Crippen LogP contribution in [0.25, 0.3) is 11.3 Å². The Kier molecular flexibility index (Phi) is 3.89.